The molecule has 0 aliphatic carbocycles. The Morgan fingerprint density at radius 2 is 2.36 bits per heavy atom. The molecule has 2 atom stereocenters. The van der Waals surface area contributed by atoms with Gasteiger partial charge in [0.1, 0.15) is 0 Å². The van der Waals surface area contributed by atoms with E-state index in [1.54, 1.807) is 6.92 Å². The lowest BCUT2D eigenvalue weighted by Gasteiger charge is -2.11. The minimum Gasteiger partial charge on any atom is -0.342 e. The highest BCUT2D eigenvalue weighted by molar-refractivity contribution is 7.81. The normalized spacial score (nSPS) is 14.7. The van der Waals surface area contributed by atoms with E-state index in [0.29, 0.717) is 0 Å². The molecule has 0 aromatic carbocycles. The Hall–Kier alpha value is -0.620. The van der Waals surface area contributed by atoms with E-state index in [2.05, 4.69) is 23.9 Å². The summed E-state index contributed by atoms with van der Waals surface area (Å²) in [4.78, 5) is 11.0. The number of hydrogen-bond acceptors (Lipinski definition) is 2. The summed E-state index contributed by atoms with van der Waals surface area (Å²) in [5.74, 6) is 2.36. The highest BCUT2D eigenvalue weighted by Gasteiger charge is 2.10. The summed E-state index contributed by atoms with van der Waals surface area (Å²) in [5, 5.41) is 2.37. The number of thiol groups is 1. The Kier molecular flexibility index (Phi) is 4.80. The van der Waals surface area contributed by atoms with Gasteiger partial charge >= 0.3 is 0 Å². The van der Waals surface area contributed by atoms with E-state index >= 15 is 0 Å². The number of carbonyl (C=O) groups excluding carboxylic acids is 1. The maximum absolute atomic E-state index is 11.0. The van der Waals surface area contributed by atoms with Crippen LogP contribution < -0.4 is 5.32 Å². The Bertz CT molecular complexity index is 171. The first-order valence-corrected chi connectivity index (χ1v) is 4.08. The molecule has 0 aliphatic rings. The molecule has 2 nitrogen and oxygen atoms in total. The molecule has 0 bridgehead atoms. The van der Waals surface area contributed by atoms with Crippen molar-refractivity contribution in [2.75, 3.05) is 0 Å². The van der Waals surface area contributed by atoms with Crippen LogP contribution in [0, 0.1) is 12.3 Å². The smallest absolute Gasteiger partial charge is 0.233 e. The second kappa shape index (κ2) is 5.09. The molecule has 0 aromatic rings. The second-order valence-electron chi connectivity index (χ2n) is 2.31. The van der Waals surface area contributed by atoms with Gasteiger partial charge in [0.25, 0.3) is 0 Å². The third-order valence-electron chi connectivity index (χ3n) is 1.31. The van der Waals surface area contributed by atoms with Crippen molar-refractivity contribution in [2.45, 2.75) is 31.6 Å². The zero-order valence-electron chi connectivity index (χ0n) is 6.79. The highest BCUT2D eigenvalue weighted by Crippen LogP contribution is 1.94. The molecule has 0 heterocycles. The van der Waals surface area contributed by atoms with Crippen molar-refractivity contribution < 1.29 is 4.79 Å². The molecule has 0 aliphatic heterocycles. The molecule has 1 amide bonds. The van der Waals surface area contributed by atoms with Gasteiger partial charge in [0.05, 0.1) is 11.3 Å². The standard InChI is InChI=1S/C8H13NOS/c1-4-7(5-2)9-8(10)6(3)11/h1,6-7,11H,5H2,2-3H3,(H,9,10). The molecule has 2 unspecified atom stereocenters. The average molecular weight is 171 g/mol. The van der Waals surface area contributed by atoms with Crippen molar-refractivity contribution in [2.24, 2.45) is 0 Å². The van der Waals surface area contributed by atoms with E-state index < -0.39 is 0 Å². The van der Waals surface area contributed by atoms with Crippen LogP contribution in [0.5, 0.6) is 0 Å². The lowest BCUT2D eigenvalue weighted by molar-refractivity contribution is -0.120. The molecule has 0 saturated heterocycles. The van der Waals surface area contributed by atoms with Gasteiger partial charge in [-0.3, -0.25) is 4.79 Å². The fourth-order valence-electron chi connectivity index (χ4n) is 0.554. The van der Waals surface area contributed by atoms with Gasteiger partial charge in [-0.2, -0.15) is 12.6 Å². The molecule has 0 spiro atoms. The van der Waals surface area contributed by atoms with E-state index in [4.69, 9.17) is 6.42 Å². The maximum atomic E-state index is 11.0. The first kappa shape index (κ1) is 10.4. The van der Waals surface area contributed by atoms with Gasteiger partial charge in [0, 0.05) is 0 Å². The predicted molar refractivity (Wildman–Crippen MR) is 49.5 cm³/mol. The van der Waals surface area contributed by atoms with Crippen LogP contribution in [-0.2, 0) is 4.79 Å². The molecule has 1 N–H and O–H groups in total. The molecular formula is C8H13NOS. The fraction of sp³-hybridized carbons (Fsp3) is 0.625. The van der Waals surface area contributed by atoms with Crippen molar-refractivity contribution in [1.29, 1.82) is 0 Å². The predicted octanol–water partition coefficient (Wildman–Crippen LogP) is 0.833. The number of carbonyl (C=O) groups is 1. The minimum absolute atomic E-state index is 0.113. The number of amides is 1. The number of hydrogen-bond donors (Lipinski definition) is 2. The lowest BCUT2D eigenvalue weighted by atomic mass is 10.2. The summed E-state index contributed by atoms with van der Waals surface area (Å²) in [6.45, 7) is 3.63. The molecule has 11 heavy (non-hydrogen) atoms. The van der Waals surface area contributed by atoms with Crippen LogP contribution in [0.25, 0.3) is 0 Å². The topological polar surface area (TPSA) is 29.1 Å². The first-order chi connectivity index (χ1) is 5.11. The zero-order valence-corrected chi connectivity index (χ0v) is 7.69. The summed E-state index contributed by atoms with van der Waals surface area (Å²) < 4.78 is 0. The lowest BCUT2D eigenvalue weighted by Crippen LogP contribution is -2.37. The number of nitrogens with one attached hydrogen (secondary N) is 1. The third-order valence-corrected chi connectivity index (χ3v) is 1.54. The van der Waals surface area contributed by atoms with Gasteiger partial charge in [0.2, 0.25) is 5.91 Å². The molecule has 0 rings (SSSR count). The van der Waals surface area contributed by atoms with E-state index in [1.807, 2.05) is 6.92 Å². The van der Waals surface area contributed by atoms with Crippen molar-refractivity contribution in [1.82, 2.24) is 5.32 Å². The van der Waals surface area contributed by atoms with E-state index in [1.165, 1.54) is 0 Å². The fourth-order valence-corrected chi connectivity index (χ4v) is 0.628. The Labute approximate surface area is 73.2 Å². The summed E-state index contributed by atoms with van der Waals surface area (Å²) >= 11 is 3.96. The van der Waals surface area contributed by atoms with E-state index in [9.17, 15) is 4.79 Å². The molecule has 0 fully saturated rings. The molecule has 0 saturated carbocycles. The first-order valence-electron chi connectivity index (χ1n) is 3.56. The van der Waals surface area contributed by atoms with Crippen LogP contribution >= 0.6 is 12.6 Å². The quantitative estimate of drug-likeness (QED) is 0.478. The monoisotopic (exact) mass is 171 g/mol. The molecule has 62 valence electrons. The number of rotatable bonds is 3. The van der Waals surface area contributed by atoms with E-state index in [-0.39, 0.29) is 17.2 Å². The van der Waals surface area contributed by atoms with Crippen molar-refractivity contribution in [3.63, 3.8) is 0 Å². The third kappa shape index (κ3) is 3.94. The summed E-state index contributed by atoms with van der Waals surface area (Å²) in [6, 6.07) is -0.155. The maximum Gasteiger partial charge on any atom is 0.233 e. The number of terminal acetylenes is 1. The van der Waals surface area contributed by atoms with Crippen LogP contribution in [0.15, 0.2) is 0 Å². The Morgan fingerprint density at radius 1 is 1.82 bits per heavy atom. The van der Waals surface area contributed by atoms with Crippen LogP contribution in [0.3, 0.4) is 0 Å². The van der Waals surface area contributed by atoms with Crippen molar-refractivity contribution >= 4 is 18.5 Å². The summed E-state index contributed by atoms with van der Waals surface area (Å²) in [6.07, 6.45) is 5.89. The Morgan fingerprint density at radius 3 is 2.64 bits per heavy atom. The van der Waals surface area contributed by atoms with Gasteiger partial charge in [-0.25, -0.2) is 0 Å². The van der Waals surface area contributed by atoms with E-state index in [0.717, 1.165) is 6.42 Å². The van der Waals surface area contributed by atoms with Gasteiger partial charge in [-0.05, 0) is 13.3 Å². The second-order valence-corrected chi connectivity index (χ2v) is 3.09. The van der Waals surface area contributed by atoms with Crippen LogP contribution in [0.1, 0.15) is 20.3 Å². The highest BCUT2D eigenvalue weighted by atomic mass is 32.1. The van der Waals surface area contributed by atoms with Crippen molar-refractivity contribution in [3.05, 3.63) is 0 Å². The van der Waals surface area contributed by atoms with Gasteiger partial charge in [0.15, 0.2) is 0 Å². The molecule has 0 radical (unpaired) electrons. The van der Waals surface area contributed by atoms with Gasteiger partial charge in [-0.15, -0.1) is 6.42 Å². The minimum atomic E-state index is -0.294. The SMILES string of the molecule is C#CC(CC)NC(=O)C(C)S. The van der Waals surface area contributed by atoms with Gasteiger partial charge in [-0.1, -0.05) is 12.8 Å². The van der Waals surface area contributed by atoms with Crippen molar-refractivity contribution in [3.8, 4) is 12.3 Å². The molecular weight excluding hydrogens is 158 g/mol. The summed E-state index contributed by atoms with van der Waals surface area (Å²) in [5.41, 5.74) is 0. The molecule has 0 aromatic heterocycles. The summed E-state index contributed by atoms with van der Waals surface area (Å²) in [7, 11) is 0. The molecule has 3 heteroatoms. The zero-order chi connectivity index (χ0) is 8.85. The van der Waals surface area contributed by atoms with Crippen LogP contribution in [0.2, 0.25) is 0 Å². The van der Waals surface area contributed by atoms with Crippen LogP contribution in [-0.4, -0.2) is 17.2 Å². The largest absolute Gasteiger partial charge is 0.342 e. The Balaban J connectivity index is 3.84. The van der Waals surface area contributed by atoms with Gasteiger partial charge < -0.3 is 5.32 Å². The van der Waals surface area contributed by atoms with Crippen LogP contribution in [0.4, 0.5) is 0 Å². The average Bonchev–Trinajstić information content (AvgIpc) is 1.99.